The second-order valence-corrected chi connectivity index (χ2v) is 7.18. The molecule has 0 aromatic heterocycles. The standard InChI is InChI=1S/C22H44O2/c1-3-5-6-7-8-9-10-11-12-13-14-15-16-17-18-19-20-24-21-22(23)4-2/h4,22-23H,2-3,5-21H2,1H3. The van der Waals surface area contributed by atoms with Crippen molar-refractivity contribution < 1.29 is 9.84 Å². The Morgan fingerprint density at radius 1 is 0.708 bits per heavy atom. The maximum Gasteiger partial charge on any atom is 0.0951 e. The van der Waals surface area contributed by atoms with Crippen LogP contribution in [0.5, 0.6) is 0 Å². The highest BCUT2D eigenvalue weighted by atomic mass is 16.5. The average molecular weight is 341 g/mol. The van der Waals surface area contributed by atoms with Crippen molar-refractivity contribution in [3.63, 3.8) is 0 Å². The van der Waals surface area contributed by atoms with E-state index in [1.807, 2.05) is 0 Å². The van der Waals surface area contributed by atoms with Gasteiger partial charge in [-0.05, 0) is 6.42 Å². The quantitative estimate of drug-likeness (QED) is 0.195. The average Bonchev–Trinajstić information content (AvgIpc) is 2.60. The van der Waals surface area contributed by atoms with E-state index in [0.29, 0.717) is 6.61 Å². The molecule has 2 heteroatoms. The minimum Gasteiger partial charge on any atom is -0.387 e. The molecule has 144 valence electrons. The summed E-state index contributed by atoms with van der Waals surface area (Å²) in [5.74, 6) is 0. The molecule has 0 fully saturated rings. The molecule has 0 bridgehead atoms. The van der Waals surface area contributed by atoms with Gasteiger partial charge in [0, 0.05) is 6.61 Å². The second kappa shape index (κ2) is 20.7. The molecular formula is C22H44O2. The summed E-state index contributed by atoms with van der Waals surface area (Å²) < 4.78 is 5.38. The summed E-state index contributed by atoms with van der Waals surface area (Å²) in [6, 6.07) is 0. The largest absolute Gasteiger partial charge is 0.387 e. The Hall–Kier alpha value is -0.340. The van der Waals surface area contributed by atoms with E-state index in [0.717, 1.165) is 13.0 Å². The molecule has 0 heterocycles. The fraction of sp³-hybridized carbons (Fsp3) is 0.909. The van der Waals surface area contributed by atoms with Crippen molar-refractivity contribution in [2.75, 3.05) is 13.2 Å². The van der Waals surface area contributed by atoms with Crippen LogP contribution in [0, 0.1) is 0 Å². The third-order valence-electron chi connectivity index (χ3n) is 4.70. The van der Waals surface area contributed by atoms with Gasteiger partial charge in [0.1, 0.15) is 0 Å². The van der Waals surface area contributed by atoms with E-state index in [-0.39, 0.29) is 0 Å². The Morgan fingerprint density at radius 2 is 1.08 bits per heavy atom. The van der Waals surface area contributed by atoms with E-state index in [4.69, 9.17) is 4.74 Å². The highest BCUT2D eigenvalue weighted by molar-refractivity contribution is 4.76. The molecule has 0 aliphatic heterocycles. The molecule has 0 saturated heterocycles. The first-order chi connectivity index (χ1) is 11.8. The van der Waals surface area contributed by atoms with E-state index in [1.54, 1.807) is 0 Å². The van der Waals surface area contributed by atoms with Gasteiger partial charge in [0.2, 0.25) is 0 Å². The molecular weight excluding hydrogens is 296 g/mol. The lowest BCUT2D eigenvalue weighted by Crippen LogP contribution is -2.12. The Bertz CT molecular complexity index is 240. The second-order valence-electron chi connectivity index (χ2n) is 7.18. The monoisotopic (exact) mass is 340 g/mol. The summed E-state index contributed by atoms with van der Waals surface area (Å²) in [5, 5.41) is 9.25. The fourth-order valence-electron chi connectivity index (χ4n) is 3.02. The van der Waals surface area contributed by atoms with Crippen LogP contribution in [0.25, 0.3) is 0 Å². The van der Waals surface area contributed by atoms with E-state index in [1.165, 1.54) is 102 Å². The summed E-state index contributed by atoms with van der Waals surface area (Å²) >= 11 is 0. The van der Waals surface area contributed by atoms with Crippen LogP contribution in [-0.4, -0.2) is 24.4 Å². The van der Waals surface area contributed by atoms with Gasteiger partial charge in [-0.1, -0.05) is 109 Å². The first kappa shape index (κ1) is 23.7. The third kappa shape index (κ3) is 19.7. The lowest BCUT2D eigenvalue weighted by atomic mass is 10.0. The summed E-state index contributed by atoms with van der Waals surface area (Å²) in [4.78, 5) is 0. The Labute approximate surface area is 152 Å². The molecule has 24 heavy (non-hydrogen) atoms. The summed E-state index contributed by atoms with van der Waals surface area (Å²) in [5.41, 5.74) is 0. The molecule has 0 aromatic carbocycles. The molecule has 1 N–H and O–H groups in total. The molecule has 0 rings (SSSR count). The summed E-state index contributed by atoms with van der Waals surface area (Å²) in [7, 11) is 0. The normalized spacial score (nSPS) is 12.4. The van der Waals surface area contributed by atoms with E-state index in [2.05, 4.69) is 13.5 Å². The van der Waals surface area contributed by atoms with Crippen LogP contribution in [0.1, 0.15) is 110 Å². The molecule has 0 aliphatic rings. The van der Waals surface area contributed by atoms with Gasteiger partial charge in [-0.25, -0.2) is 0 Å². The maximum atomic E-state index is 9.25. The van der Waals surface area contributed by atoms with Crippen LogP contribution in [0.4, 0.5) is 0 Å². The molecule has 0 aromatic rings. The third-order valence-corrected chi connectivity index (χ3v) is 4.70. The minimum atomic E-state index is -0.508. The number of aliphatic hydroxyl groups excluding tert-OH is 1. The smallest absolute Gasteiger partial charge is 0.0951 e. The molecule has 2 nitrogen and oxygen atoms in total. The van der Waals surface area contributed by atoms with Gasteiger partial charge in [0.25, 0.3) is 0 Å². The molecule has 1 atom stereocenters. The lowest BCUT2D eigenvalue weighted by Gasteiger charge is -2.06. The predicted molar refractivity (Wildman–Crippen MR) is 107 cm³/mol. The van der Waals surface area contributed by atoms with Crippen LogP contribution >= 0.6 is 0 Å². The number of hydrogen-bond acceptors (Lipinski definition) is 2. The van der Waals surface area contributed by atoms with Gasteiger partial charge in [-0.2, -0.15) is 0 Å². The van der Waals surface area contributed by atoms with E-state index in [9.17, 15) is 5.11 Å². The first-order valence-corrected chi connectivity index (χ1v) is 10.7. The number of hydrogen-bond donors (Lipinski definition) is 1. The van der Waals surface area contributed by atoms with Crippen molar-refractivity contribution in [3.8, 4) is 0 Å². The van der Waals surface area contributed by atoms with Crippen molar-refractivity contribution in [3.05, 3.63) is 12.7 Å². The topological polar surface area (TPSA) is 29.5 Å². The molecule has 0 saturated carbocycles. The van der Waals surface area contributed by atoms with Crippen LogP contribution in [0.15, 0.2) is 12.7 Å². The maximum absolute atomic E-state index is 9.25. The van der Waals surface area contributed by atoms with Gasteiger partial charge >= 0.3 is 0 Å². The van der Waals surface area contributed by atoms with Crippen LogP contribution < -0.4 is 0 Å². The predicted octanol–water partition coefficient (Wildman–Crippen LogP) is 6.81. The van der Waals surface area contributed by atoms with Gasteiger partial charge < -0.3 is 9.84 Å². The van der Waals surface area contributed by atoms with Crippen molar-refractivity contribution in [1.29, 1.82) is 0 Å². The zero-order valence-corrected chi connectivity index (χ0v) is 16.4. The highest BCUT2D eigenvalue weighted by Crippen LogP contribution is 2.13. The van der Waals surface area contributed by atoms with Crippen molar-refractivity contribution in [1.82, 2.24) is 0 Å². The number of rotatable bonds is 20. The van der Waals surface area contributed by atoms with E-state index < -0.39 is 6.10 Å². The Balaban J connectivity index is 2.99. The van der Waals surface area contributed by atoms with Crippen molar-refractivity contribution in [2.24, 2.45) is 0 Å². The molecule has 1 unspecified atom stereocenters. The number of ether oxygens (including phenoxy) is 1. The van der Waals surface area contributed by atoms with Crippen LogP contribution in [-0.2, 0) is 4.74 Å². The van der Waals surface area contributed by atoms with Gasteiger partial charge in [0.05, 0.1) is 12.7 Å². The van der Waals surface area contributed by atoms with Gasteiger partial charge in [-0.3, -0.25) is 0 Å². The molecule has 0 spiro atoms. The zero-order chi connectivity index (χ0) is 17.7. The first-order valence-electron chi connectivity index (χ1n) is 10.7. The Morgan fingerprint density at radius 3 is 1.46 bits per heavy atom. The van der Waals surface area contributed by atoms with Crippen LogP contribution in [0.3, 0.4) is 0 Å². The summed E-state index contributed by atoms with van der Waals surface area (Å²) in [6.07, 6.45) is 23.2. The molecule has 0 amide bonds. The van der Waals surface area contributed by atoms with Gasteiger partial charge in [0.15, 0.2) is 0 Å². The van der Waals surface area contributed by atoms with Crippen LogP contribution in [0.2, 0.25) is 0 Å². The molecule has 0 aliphatic carbocycles. The zero-order valence-electron chi connectivity index (χ0n) is 16.4. The Kier molecular flexibility index (Phi) is 20.4. The summed E-state index contributed by atoms with van der Waals surface area (Å²) in [6.45, 7) is 6.97. The fourth-order valence-corrected chi connectivity index (χ4v) is 3.02. The van der Waals surface area contributed by atoms with E-state index >= 15 is 0 Å². The highest BCUT2D eigenvalue weighted by Gasteiger charge is 1.97. The van der Waals surface area contributed by atoms with Gasteiger partial charge in [-0.15, -0.1) is 6.58 Å². The number of aliphatic hydroxyl groups is 1. The number of unbranched alkanes of at least 4 members (excludes halogenated alkanes) is 15. The lowest BCUT2D eigenvalue weighted by molar-refractivity contribution is 0.0578. The minimum absolute atomic E-state index is 0.391. The van der Waals surface area contributed by atoms with Crippen molar-refractivity contribution >= 4 is 0 Å². The SMILES string of the molecule is C=CC(O)COCCCCCCCCCCCCCCCCCC. The van der Waals surface area contributed by atoms with Crippen molar-refractivity contribution in [2.45, 2.75) is 116 Å². The molecule has 0 radical (unpaired) electrons.